The SMILES string of the molecule is OCC1(CSc2nc(CN3CCOCC3)nc3ccccc23)COC1. The lowest BCUT2D eigenvalue weighted by molar-refractivity contribution is -0.121. The summed E-state index contributed by atoms with van der Waals surface area (Å²) in [5.41, 5.74) is 0.854. The van der Waals surface area contributed by atoms with E-state index in [9.17, 15) is 5.11 Å². The molecule has 0 bridgehead atoms. The molecule has 6 nitrogen and oxygen atoms in total. The van der Waals surface area contributed by atoms with Gasteiger partial charge in [-0.1, -0.05) is 18.2 Å². The molecule has 3 heterocycles. The second kappa shape index (κ2) is 7.55. The van der Waals surface area contributed by atoms with E-state index in [1.807, 2.05) is 18.2 Å². The zero-order valence-electron chi connectivity index (χ0n) is 14.2. The third-order valence-electron chi connectivity index (χ3n) is 4.75. The Morgan fingerprint density at radius 1 is 1.12 bits per heavy atom. The zero-order valence-corrected chi connectivity index (χ0v) is 15.0. The Kier molecular flexibility index (Phi) is 5.19. The molecule has 1 N–H and O–H groups in total. The van der Waals surface area contributed by atoms with E-state index in [4.69, 9.17) is 19.4 Å². The van der Waals surface area contributed by atoms with Gasteiger partial charge in [0.1, 0.15) is 10.9 Å². The van der Waals surface area contributed by atoms with Gasteiger partial charge < -0.3 is 14.6 Å². The average molecular weight is 361 g/mol. The number of hydrogen-bond donors (Lipinski definition) is 1. The van der Waals surface area contributed by atoms with Gasteiger partial charge in [0.2, 0.25) is 0 Å². The maximum atomic E-state index is 9.65. The second-order valence-electron chi connectivity index (χ2n) is 6.79. The van der Waals surface area contributed by atoms with E-state index in [0.29, 0.717) is 13.2 Å². The summed E-state index contributed by atoms with van der Waals surface area (Å²) in [6.07, 6.45) is 0. The summed E-state index contributed by atoms with van der Waals surface area (Å²) in [6.45, 7) is 5.54. The fraction of sp³-hybridized carbons (Fsp3) is 0.556. The van der Waals surface area contributed by atoms with Gasteiger partial charge >= 0.3 is 0 Å². The van der Waals surface area contributed by atoms with Crippen molar-refractivity contribution in [2.24, 2.45) is 5.41 Å². The van der Waals surface area contributed by atoms with Crippen molar-refractivity contribution in [1.29, 1.82) is 0 Å². The van der Waals surface area contributed by atoms with E-state index in [1.54, 1.807) is 11.8 Å². The number of aliphatic hydroxyl groups excluding tert-OH is 1. The van der Waals surface area contributed by atoms with Crippen LogP contribution in [0.5, 0.6) is 0 Å². The summed E-state index contributed by atoms with van der Waals surface area (Å²) in [7, 11) is 0. The summed E-state index contributed by atoms with van der Waals surface area (Å²) < 4.78 is 10.7. The van der Waals surface area contributed by atoms with E-state index in [0.717, 1.165) is 60.4 Å². The van der Waals surface area contributed by atoms with Crippen molar-refractivity contribution in [2.45, 2.75) is 11.6 Å². The summed E-state index contributed by atoms with van der Waals surface area (Å²) in [6, 6.07) is 8.14. The van der Waals surface area contributed by atoms with Gasteiger partial charge in [-0.3, -0.25) is 4.90 Å². The van der Waals surface area contributed by atoms with Crippen LogP contribution >= 0.6 is 11.8 Å². The molecule has 0 radical (unpaired) electrons. The maximum Gasteiger partial charge on any atom is 0.144 e. The Balaban J connectivity index is 1.57. The number of rotatable bonds is 6. The first-order chi connectivity index (χ1) is 12.3. The van der Waals surface area contributed by atoms with Gasteiger partial charge in [-0.2, -0.15) is 0 Å². The van der Waals surface area contributed by atoms with Gasteiger partial charge in [0, 0.05) is 29.6 Å². The third-order valence-corrected chi connectivity index (χ3v) is 6.09. The Morgan fingerprint density at radius 2 is 1.92 bits per heavy atom. The van der Waals surface area contributed by atoms with Crippen LogP contribution in [0, 0.1) is 5.41 Å². The lowest BCUT2D eigenvalue weighted by atomic mass is 9.90. The van der Waals surface area contributed by atoms with E-state index in [1.165, 1.54) is 0 Å². The van der Waals surface area contributed by atoms with Gasteiger partial charge in [0.25, 0.3) is 0 Å². The molecule has 1 aromatic carbocycles. The minimum absolute atomic E-state index is 0.124. The second-order valence-corrected chi connectivity index (χ2v) is 7.75. The van der Waals surface area contributed by atoms with Gasteiger partial charge in [0.15, 0.2) is 0 Å². The van der Waals surface area contributed by atoms with Crippen LogP contribution in [0.3, 0.4) is 0 Å². The molecular weight excluding hydrogens is 338 g/mol. The predicted octanol–water partition coefficient (Wildman–Crippen LogP) is 1.56. The van der Waals surface area contributed by atoms with E-state index >= 15 is 0 Å². The first kappa shape index (κ1) is 17.2. The average Bonchev–Trinajstić information content (AvgIpc) is 2.62. The van der Waals surface area contributed by atoms with Gasteiger partial charge in [-0.25, -0.2) is 9.97 Å². The molecule has 4 rings (SSSR count). The molecule has 0 unspecified atom stereocenters. The van der Waals surface area contributed by atoms with Crippen LogP contribution < -0.4 is 0 Å². The molecule has 2 aliphatic heterocycles. The van der Waals surface area contributed by atoms with Crippen molar-refractivity contribution >= 4 is 22.7 Å². The predicted molar refractivity (Wildman–Crippen MR) is 96.7 cm³/mol. The number of morpholine rings is 1. The van der Waals surface area contributed by atoms with Crippen LogP contribution in [-0.2, 0) is 16.0 Å². The zero-order chi connectivity index (χ0) is 17.1. The lowest BCUT2D eigenvalue weighted by Gasteiger charge is -2.39. The number of para-hydroxylation sites is 1. The number of ether oxygens (including phenoxy) is 2. The maximum absolute atomic E-state index is 9.65. The topological polar surface area (TPSA) is 67.7 Å². The van der Waals surface area contributed by atoms with Crippen LogP contribution in [0.2, 0.25) is 0 Å². The highest BCUT2D eigenvalue weighted by molar-refractivity contribution is 7.99. The number of aliphatic hydroxyl groups is 1. The number of fused-ring (bicyclic) bond motifs is 1. The number of thioether (sulfide) groups is 1. The summed E-state index contributed by atoms with van der Waals surface area (Å²) in [5, 5.41) is 11.7. The molecule has 25 heavy (non-hydrogen) atoms. The van der Waals surface area contributed by atoms with Crippen LogP contribution in [0.15, 0.2) is 29.3 Å². The molecule has 2 aliphatic rings. The van der Waals surface area contributed by atoms with E-state index in [-0.39, 0.29) is 12.0 Å². The fourth-order valence-electron chi connectivity index (χ4n) is 3.07. The van der Waals surface area contributed by atoms with Crippen molar-refractivity contribution in [3.63, 3.8) is 0 Å². The Hall–Kier alpha value is -1.25. The molecule has 7 heteroatoms. The molecule has 0 saturated carbocycles. The first-order valence-corrected chi connectivity index (χ1v) is 9.64. The van der Waals surface area contributed by atoms with Crippen molar-refractivity contribution in [1.82, 2.24) is 14.9 Å². The van der Waals surface area contributed by atoms with Crippen LogP contribution in [-0.4, -0.2) is 71.9 Å². The fourth-order valence-corrected chi connectivity index (χ4v) is 4.26. The summed E-state index contributed by atoms with van der Waals surface area (Å²) in [4.78, 5) is 11.9. The minimum Gasteiger partial charge on any atom is -0.396 e. The standard InChI is InChI=1S/C18H23N3O3S/c22-10-18(11-24-12-18)13-25-17-14-3-1-2-4-15(14)19-16(20-17)9-21-5-7-23-8-6-21/h1-4,22H,5-13H2. The molecule has 2 saturated heterocycles. The lowest BCUT2D eigenvalue weighted by Crippen LogP contribution is -2.47. The number of aromatic nitrogens is 2. The monoisotopic (exact) mass is 361 g/mol. The van der Waals surface area contributed by atoms with E-state index in [2.05, 4.69) is 11.0 Å². The largest absolute Gasteiger partial charge is 0.396 e. The Bertz CT molecular complexity index is 727. The smallest absolute Gasteiger partial charge is 0.144 e. The van der Waals surface area contributed by atoms with Crippen LogP contribution in [0.4, 0.5) is 0 Å². The Morgan fingerprint density at radius 3 is 2.64 bits per heavy atom. The van der Waals surface area contributed by atoms with Crippen molar-refractivity contribution in [3.8, 4) is 0 Å². The molecule has 0 aliphatic carbocycles. The van der Waals surface area contributed by atoms with Crippen LogP contribution in [0.25, 0.3) is 10.9 Å². The molecule has 1 aromatic heterocycles. The first-order valence-electron chi connectivity index (χ1n) is 8.65. The molecule has 2 fully saturated rings. The number of hydrogen-bond acceptors (Lipinski definition) is 7. The molecule has 0 atom stereocenters. The minimum atomic E-state index is -0.124. The van der Waals surface area contributed by atoms with Crippen molar-refractivity contribution < 1.29 is 14.6 Å². The van der Waals surface area contributed by atoms with Crippen molar-refractivity contribution in [2.75, 3.05) is 51.9 Å². The molecule has 134 valence electrons. The summed E-state index contributed by atoms with van der Waals surface area (Å²) >= 11 is 1.70. The Labute approximate surface area is 151 Å². The number of benzene rings is 1. The molecular formula is C18H23N3O3S. The number of nitrogens with zero attached hydrogens (tertiary/aromatic N) is 3. The molecule has 2 aromatic rings. The highest BCUT2D eigenvalue weighted by atomic mass is 32.2. The third kappa shape index (κ3) is 3.80. The normalized spacial score (nSPS) is 20.5. The van der Waals surface area contributed by atoms with Gasteiger partial charge in [-0.15, -0.1) is 11.8 Å². The molecule has 0 spiro atoms. The van der Waals surface area contributed by atoms with E-state index < -0.39 is 0 Å². The highest BCUT2D eigenvalue weighted by Gasteiger charge is 2.38. The highest BCUT2D eigenvalue weighted by Crippen LogP contribution is 2.35. The van der Waals surface area contributed by atoms with Crippen LogP contribution in [0.1, 0.15) is 5.82 Å². The summed E-state index contributed by atoms with van der Waals surface area (Å²) in [5.74, 6) is 1.66. The van der Waals surface area contributed by atoms with Crippen molar-refractivity contribution in [3.05, 3.63) is 30.1 Å². The quantitative estimate of drug-likeness (QED) is 0.619. The van der Waals surface area contributed by atoms with Gasteiger partial charge in [-0.05, 0) is 6.07 Å². The molecule has 0 amide bonds. The van der Waals surface area contributed by atoms with Gasteiger partial charge in [0.05, 0.1) is 45.1 Å².